The molecular weight excluding hydrogens is 351 g/mol. The van der Waals surface area contributed by atoms with Crippen LogP contribution in [0.2, 0.25) is 5.02 Å². The third-order valence-electron chi connectivity index (χ3n) is 3.13. The summed E-state index contributed by atoms with van der Waals surface area (Å²) >= 11 is 5.65. The van der Waals surface area contributed by atoms with Crippen LogP contribution in [0.1, 0.15) is 17.2 Å². The summed E-state index contributed by atoms with van der Waals surface area (Å²) < 4.78 is 65.9. The Morgan fingerprint density at radius 2 is 1.52 bits per heavy atom. The maximum Gasteiger partial charge on any atom is 0.408 e. The number of rotatable bonds is 4. The van der Waals surface area contributed by atoms with Gasteiger partial charge in [-0.05, 0) is 36.8 Å². The monoisotopic (exact) mass is 363 g/mol. The van der Waals surface area contributed by atoms with Crippen molar-refractivity contribution in [2.45, 2.75) is 24.0 Å². The van der Waals surface area contributed by atoms with Crippen LogP contribution in [0.25, 0.3) is 0 Å². The minimum atomic E-state index is -4.79. The van der Waals surface area contributed by atoms with Crippen LogP contribution in [0, 0.1) is 6.92 Å². The Hall–Kier alpha value is -1.57. The second-order valence-corrected chi connectivity index (χ2v) is 7.11. The fraction of sp³-hybridized carbons (Fsp3) is 0.200. The lowest BCUT2D eigenvalue weighted by molar-refractivity contribution is -0.153. The first-order chi connectivity index (χ1) is 10.6. The summed E-state index contributed by atoms with van der Waals surface area (Å²) in [6.45, 7) is 1.75. The van der Waals surface area contributed by atoms with Crippen LogP contribution in [0.5, 0.6) is 0 Å². The highest BCUT2D eigenvalue weighted by molar-refractivity contribution is 7.89. The molecule has 23 heavy (non-hydrogen) atoms. The largest absolute Gasteiger partial charge is 0.408 e. The fourth-order valence-corrected chi connectivity index (χ4v) is 3.26. The van der Waals surface area contributed by atoms with Gasteiger partial charge in [-0.2, -0.15) is 17.9 Å². The molecule has 0 saturated carbocycles. The minimum Gasteiger partial charge on any atom is -0.207 e. The molecule has 0 aliphatic heterocycles. The lowest BCUT2D eigenvalue weighted by atomic mass is 10.1. The number of alkyl halides is 3. The minimum absolute atomic E-state index is 0.230. The first-order valence-corrected chi connectivity index (χ1v) is 8.37. The zero-order valence-corrected chi connectivity index (χ0v) is 13.5. The van der Waals surface area contributed by atoms with Crippen molar-refractivity contribution in [1.82, 2.24) is 4.72 Å². The molecule has 0 aromatic heterocycles. The maximum atomic E-state index is 13.3. The molecule has 0 amide bonds. The molecule has 3 nitrogen and oxygen atoms in total. The van der Waals surface area contributed by atoms with Crippen molar-refractivity contribution < 1.29 is 21.6 Å². The van der Waals surface area contributed by atoms with E-state index < -0.39 is 22.2 Å². The van der Waals surface area contributed by atoms with Crippen LogP contribution < -0.4 is 4.72 Å². The molecule has 1 atom stereocenters. The average Bonchev–Trinajstić information content (AvgIpc) is 2.45. The SMILES string of the molecule is Cc1ccc(S(=O)(=O)NC(c2ccc(Cl)cc2)C(F)(F)F)cc1. The van der Waals surface area contributed by atoms with Crippen molar-refractivity contribution >= 4 is 21.6 Å². The predicted octanol–water partition coefficient (Wildman–Crippen LogP) is 4.23. The van der Waals surface area contributed by atoms with E-state index in [4.69, 9.17) is 11.6 Å². The summed E-state index contributed by atoms with van der Waals surface area (Å²) in [5, 5.41) is 0.260. The zero-order valence-electron chi connectivity index (χ0n) is 11.9. The molecular formula is C15H13ClF3NO2S. The highest BCUT2D eigenvalue weighted by Crippen LogP contribution is 2.34. The number of hydrogen-bond acceptors (Lipinski definition) is 2. The molecule has 124 valence electrons. The Kier molecular flexibility index (Phi) is 5.03. The van der Waals surface area contributed by atoms with Gasteiger partial charge >= 0.3 is 6.18 Å². The Morgan fingerprint density at radius 1 is 1.00 bits per heavy atom. The molecule has 2 aromatic rings. The first kappa shape index (κ1) is 17.8. The van der Waals surface area contributed by atoms with Gasteiger partial charge in [-0.1, -0.05) is 41.4 Å². The third kappa shape index (κ3) is 4.46. The molecule has 8 heteroatoms. The average molecular weight is 364 g/mol. The van der Waals surface area contributed by atoms with Crippen molar-refractivity contribution in [2.75, 3.05) is 0 Å². The van der Waals surface area contributed by atoms with Gasteiger partial charge in [-0.15, -0.1) is 0 Å². The molecule has 0 bridgehead atoms. The third-order valence-corrected chi connectivity index (χ3v) is 4.83. The second-order valence-electron chi connectivity index (χ2n) is 4.96. The normalized spacial score (nSPS) is 13.8. The zero-order chi connectivity index (χ0) is 17.3. The lowest BCUT2D eigenvalue weighted by Gasteiger charge is -2.22. The van der Waals surface area contributed by atoms with Crippen molar-refractivity contribution in [3.63, 3.8) is 0 Å². The van der Waals surface area contributed by atoms with Crippen LogP contribution in [0.4, 0.5) is 13.2 Å². The number of hydrogen-bond donors (Lipinski definition) is 1. The molecule has 0 aliphatic rings. The smallest absolute Gasteiger partial charge is 0.207 e. The van der Waals surface area contributed by atoms with E-state index >= 15 is 0 Å². The van der Waals surface area contributed by atoms with Crippen molar-refractivity contribution in [3.8, 4) is 0 Å². The lowest BCUT2D eigenvalue weighted by Crippen LogP contribution is -2.38. The van der Waals surface area contributed by atoms with Gasteiger partial charge in [0, 0.05) is 5.02 Å². The molecule has 1 N–H and O–H groups in total. The topological polar surface area (TPSA) is 46.2 Å². The summed E-state index contributed by atoms with van der Waals surface area (Å²) in [4.78, 5) is -0.230. The number of sulfonamides is 1. The van der Waals surface area contributed by atoms with Gasteiger partial charge in [-0.25, -0.2) is 8.42 Å². The van der Waals surface area contributed by atoms with Gasteiger partial charge < -0.3 is 0 Å². The number of nitrogens with one attached hydrogen (secondary N) is 1. The van der Waals surface area contributed by atoms with Crippen LogP contribution in [-0.2, 0) is 10.0 Å². The van der Waals surface area contributed by atoms with Gasteiger partial charge in [0.25, 0.3) is 0 Å². The predicted molar refractivity (Wildman–Crippen MR) is 81.7 cm³/mol. The van der Waals surface area contributed by atoms with E-state index in [1.54, 1.807) is 11.6 Å². The second kappa shape index (κ2) is 6.51. The molecule has 0 heterocycles. The standard InChI is InChI=1S/C15H13ClF3NO2S/c1-10-2-8-13(9-3-10)23(21,22)20-14(15(17,18)19)11-4-6-12(16)7-5-11/h2-9,14,20H,1H3. The molecule has 0 radical (unpaired) electrons. The van der Waals surface area contributed by atoms with E-state index in [0.29, 0.717) is 0 Å². The molecule has 0 saturated heterocycles. The van der Waals surface area contributed by atoms with E-state index in [1.807, 2.05) is 0 Å². The summed E-state index contributed by atoms with van der Waals surface area (Å²) in [5.41, 5.74) is 0.562. The van der Waals surface area contributed by atoms with Crippen molar-refractivity contribution in [1.29, 1.82) is 0 Å². The van der Waals surface area contributed by atoms with Crippen LogP contribution >= 0.6 is 11.6 Å². The Bertz CT molecular complexity index is 772. The summed E-state index contributed by atoms with van der Waals surface area (Å²) in [5.74, 6) is 0. The van der Waals surface area contributed by atoms with Crippen LogP contribution in [0.15, 0.2) is 53.4 Å². The maximum absolute atomic E-state index is 13.3. The quantitative estimate of drug-likeness (QED) is 0.883. The fourth-order valence-electron chi connectivity index (χ4n) is 1.92. The number of benzene rings is 2. The van der Waals surface area contributed by atoms with Crippen molar-refractivity contribution in [2.24, 2.45) is 0 Å². The van der Waals surface area contributed by atoms with Gasteiger partial charge in [0.1, 0.15) is 6.04 Å². The molecule has 0 fully saturated rings. The Labute approximate surface area is 137 Å². The van der Waals surface area contributed by atoms with E-state index in [2.05, 4.69) is 0 Å². The van der Waals surface area contributed by atoms with Crippen LogP contribution in [-0.4, -0.2) is 14.6 Å². The Morgan fingerprint density at radius 3 is 2.00 bits per heavy atom. The van der Waals surface area contributed by atoms with Gasteiger partial charge in [0.2, 0.25) is 10.0 Å². The van der Waals surface area contributed by atoms with E-state index in [1.165, 1.54) is 36.4 Å². The van der Waals surface area contributed by atoms with Gasteiger partial charge in [-0.3, -0.25) is 0 Å². The van der Waals surface area contributed by atoms with Gasteiger partial charge in [0.05, 0.1) is 4.90 Å². The van der Waals surface area contributed by atoms with E-state index in [-0.39, 0.29) is 15.5 Å². The van der Waals surface area contributed by atoms with E-state index in [9.17, 15) is 21.6 Å². The number of aryl methyl sites for hydroxylation is 1. The Balaban J connectivity index is 2.38. The number of halogens is 4. The molecule has 0 aliphatic carbocycles. The van der Waals surface area contributed by atoms with Crippen LogP contribution in [0.3, 0.4) is 0 Å². The summed E-state index contributed by atoms with van der Waals surface area (Å²) in [7, 11) is -4.32. The molecule has 0 spiro atoms. The molecule has 1 unspecified atom stereocenters. The highest BCUT2D eigenvalue weighted by Gasteiger charge is 2.43. The van der Waals surface area contributed by atoms with Crippen molar-refractivity contribution in [3.05, 3.63) is 64.7 Å². The molecule has 2 aromatic carbocycles. The molecule has 2 rings (SSSR count). The highest BCUT2D eigenvalue weighted by atomic mass is 35.5. The first-order valence-electron chi connectivity index (χ1n) is 6.51. The summed E-state index contributed by atoms with van der Waals surface area (Å²) in [6.07, 6.45) is -4.79. The van der Waals surface area contributed by atoms with E-state index in [0.717, 1.165) is 17.7 Å². The summed E-state index contributed by atoms with van der Waals surface area (Å²) in [6, 6.07) is 8.01. The van der Waals surface area contributed by atoms with Gasteiger partial charge in [0.15, 0.2) is 0 Å².